The van der Waals surface area contributed by atoms with Crippen LogP contribution >= 0.6 is 31.9 Å². The quantitative estimate of drug-likeness (QED) is 0.261. The lowest BCUT2D eigenvalue weighted by Crippen LogP contribution is -2.29. The second-order valence-electron chi connectivity index (χ2n) is 7.85. The zero-order valence-electron chi connectivity index (χ0n) is 17.0. The smallest absolute Gasteiger partial charge is 0.145 e. The molecule has 5 heteroatoms. The minimum atomic E-state index is -0.549. The third-order valence-electron chi connectivity index (χ3n) is 5.23. The van der Waals surface area contributed by atoms with Gasteiger partial charge < -0.3 is 9.72 Å². The van der Waals surface area contributed by atoms with Gasteiger partial charge in [0.25, 0.3) is 0 Å². The summed E-state index contributed by atoms with van der Waals surface area (Å²) in [5.41, 5.74) is 5.16. The number of fused-ring (bicyclic) bond motifs is 3. The Balaban J connectivity index is 1.60. The highest BCUT2D eigenvalue weighted by molar-refractivity contribution is 9.11. The zero-order chi connectivity index (χ0) is 21.6. The van der Waals surface area contributed by atoms with Crippen LogP contribution in [-0.2, 0) is 5.60 Å². The Morgan fingerprint density at radius 1 is 0.871 bits per heavy atom. The maximum Gasteiger partial charge on any atom is 0.145 e. The van der Waals surface area contributed by atoms with Crippen molar-refractivity contribution in [3.05, 3.63) is 92.5 Å². The van der Waals surface area contributed by atoms with Crippen LogP contribution in [0, 0.1) is 11.8 Å². The van der Waals surface area contributed by atoms with Crippen LogP contribution in [-0.4, -0.2) is 9.97 Å². The van der Waals surface area contributed by atoms with Gasteiger partial charge in [-0.25, -0.2) is 4.98 Å². The molecule has 1 aromatic heterocycles. The van der Waals surface area contributed by atoms with E-state index in [1.54, 1.807) is 0 Å². The van der Waals surface area contributed by atoms with Gasteiger partial charge in [-0.3, -0.25) is 0 Å². The van der Waals surface area contributed by atoms with Gasteiger partial charge in [-0.15, -0.1) is 0 Å². The van der Waals surface area contributed by atoms with E-state index in [0.29, 0.717) is 0 Å². The Morgan fingerprint density at radius 2 is 1.58 bits per heavy atom. The second kappa shape index (κ2) is 7.71. The summed E-state index contributed by atoms with van der Waals surface area (Å²) in [6.45, 7) is 4.10. The van der Waals surface area contributed by atoms with E-state index in [9.17, 15) is 0 Å². The van der Waals surface area contributed by atoms with E-state index in [0.717, 1.165) is 54.2 Å². The minimum Gasteiger partial charge on any atom is -0.481 e. The van der Waals surface area contributed by atoms with E-state index in [4.69, 9.17) is 9.72 Å². The lowest BCUT2D eigenvalue weighted by Gasteiger charge is -2.31. The molecule has 152 valence electrons. The highest BCUT2D eigenvalue weighted by Gasteiger charge is 2.36. The number of rotatable bonds is 1. The molecule has 0 aliphatic carbocycles. The summed E-state index contributed by atoms with van der Waals surface area (Å²) in [5, 5.41) is 0. The predicted molar refractivity (Wildman–Crippen MR) is 131 cm³/mol. The fourth-order valence-electron chi connectivity index (χ4n) is 3.72. The Bertz CT molecular complexity index is 1340. The molecule has 0 amide bonds. The van der Waals surface area contributed by atoms with Crippen molar-refractivity contribution in [1.29, 1.82) is 0 Å². The molecule has 0 bridgehead atoms. The number of halogens is 2. The first-order valence-corrected chi connectivity index (χ1v) is 11.5. The Hall–Kier alpha value is -2.81. The van der Waals surface area contributed by atoms with Crippen LogP contribution in [0.3, 0.4) is 0 Å². The molecular weight excluding hydrogens is 516 g/mol. The van der Waals surface area contributed by atoms with E-state index in [1.165, 1.54) is 0 Å². The SMILES string of the molecule is CC1(C)Oc2cc(C#Cc3ccccc3)ccc2-c2nc(-c3c(Br)cccc3Br)[nH]c21. The topological polar surface area (TPSA) is 37.9 Å². The number of benzene rings is 3. The monoisotopic (exact) mass is 532 g/mol. The number of nitrogens with one attached hydrogen (secondary N) is 1. The summed E-state index contributed by atoms with van der Waals surface area (Å²) >= 11 is 7.29. The number of nitrogens with zero attached hydrogens (tertiary/aromatic N) is 1. The summed E-state index contributed by atoms with van der Waals surface area (Å²) in [6.07, 6.45) is 0. The van der Waals surface area contributed by atoms with Crippen LogP contribution in [0.2, 0.25) is 0 Å². The molecule has 0 radical (unpaired) electrons. The average molecular weight is 534 g/mol. The van der Waals surface area contributed by atoms with Gasteiger partial charge in [-0.2, -0.15) is 0 Å². The molecule has 2 heterocycles. The number of aromatic nitrogens is 2. The molecule has 3 nitrogen and oxygen atoms in total. The highest BCUT2D eigenvalue weighted by Crippen LogP contribution is 2.46. The molecule has 1 aliphatic rings. The first-order valence-electron chi connectivity index (χ1n) is 9.88. The van der Waals surface area contributed by atoms with Crippen LogP contribution in [0.4, 0.5) is 0 Å². The fourth-order valence-corrected chi connectivity index (χ4v) is 5.09. The van der Waals surface area contributed by atoms with Crippen LogP contribution in [0.15, 0.2) is 75.7 Å². The number of imidazole rings is 1. The molecule has 0 saturated carbocycles. The van der Waals surface area contributed by atoms with E-state index in [-0.39, 0.29) is 0 Å². The highest BCUT2D eigenvalue weighted by atomic mass is 79.9. The maximum atomic E-state index is 6.39. The number of aromatic amines is 1. The van der Waals surface area contributed by atoms with Crippen molar-refractivity contribution in [2.45, 2.75) is 19.4 Å². The fraction of sp³-hybridized carbons (Fsp3) is 0.115. The van der Waals surface area contributed by atoms with Crippen molar-refractivity contribution in [3.8, 4) is 40.2 Å². The van der Waals surface area contributed by atoms with Crippen LogP contribution in [0.5, 0.6) is 5.75 Å². The lowest BCUT2D eigenvalue weighted by molar-refractivity contribution is 0.101. The molecule has 1 N–H and O–H groups in total. The van der Waals surface area contributed by atoms with Crippen molar-refractivity contribution in [2.24, 2.45) is 0 Å². The van der Waals surface area contributed by atoms with E-state index in [2.05, 4.69) is 48.7 Å². The summed E-state index contributed by atoms with van der Waals surface area (Å²) in [7, 11) is 0. The summed E-state index contributed by atoms with van der Waals surface area (Å²) in [4.78, 5) is 8.47. The molecule has 0 saturated heterocycles. The lowest BCUT2D eigenvalue weighted by atomic mass is 9.94. The molecule has 0 fully saturated rings. The van der Waals surface area contributed by atoms with Gasteiger partial charge in [-0.05, 0) is 88.2 Å². The molecule has 4 aromatic rings. The van der Waals surface area contributed by atoms with Crippen LogP contribution in [0.1, 0.15) is 30.7 Å². The van der Waals surface area contributed by atoms with Gasteiger partial charge in [0.05, 0.1) is 11.4 Å². The zero-order valence-corrected chi connectivity index (χ0v) is 20.1. The third-order valence-corrected chi connectivity index (χ3v) is 6.55. The summed E-state index contributed by atoms with van der Waals surface area (Å²) in [6, 6.07) is 22.0. The van der Waals surface area contributed by atoms with Gasteiger partial charge >= 0.3 is 0 Å². The summed E-state index contributed by atoms with van der Waals surface area (Å²) in [5.74, 6) is 8.03. The number of H-pyrrole nitrogens is 1. The number of hydrogen-bond donors (Lipinski definition) is 1. The Labute approximate surface area is 198 Å². The van der Waals surface area contributed by atoms with Gasteiger partial charge in [0, 0.05) is 31.2 Å². The normalized spacial score (nSPS) is 13.4. The third kappa shape index (κ3) is 3.71. The molecule has 1 aliphatic heterocycles. The van der Waals surface area contributed by atoms with Crippen molar-refractivity contribution in [3.63, 3.8) is 0 Å². The Morgan fingerprint density at radius 3 is 2.32 bits per heavy atom. The van der Waals surface area contributed by atoms with Gasteiger partial charge in [-0.1, -0.05) is 36.1 Å². The van der Waals surface area contributed by atoms with Crippen molar-refractivity contribution in [2.75, 3.05) is 0 Å². The summed E-state index contributed by atoms with van der Waals surface area (Å²) < 4.78 is 8.33. The molecule has 0 unspecified atom stereocenters. The van der Waals surface area contributed by atoms with Crippen molar-refractivity contribution in [1.82, 2.24) is 9.97 Å². The molecule has 31 heavy (non-hydrogen) atoms. The first kappa shape index (κ1) is 20.1. The van der Waals surface area contributed by atoms with E-state index < -0.39 is 5.60 Å². The standard InChI is InChI=1S/C26H18Br2N2O/c1-26(2)24-23(29-25(30-24)22-19(27)9-6-10-20(22)28)18-14-13-17(15-21(18)31-26)12-11-16-7-4-3-5-8-16/h3-10,13-15H,1-2H3,(H,29,30). The second-order valence-corrected chi connectivity index (χ2v) is 9.55. The molecule has 3 aromatic carbocycles. The number of hydrogen-bond acceptors (Lipinski definition) is 2. The molecular formula is C26H18Br2N2O. The molecule has 0 atom stereocenters. The van der Waals surface area contributed by atoms with Crippen LogP contribution in [0.25, 0.3) is 22.6 Å². The van der Waals surface area contributed by atoms with Crippen molar-refractivity contribution >= 4 is 31.9 Å². The van der Waals surface area contributed by atoms with E-state index >= 15 is 0 Å². The molecule has 0 spiro atoms. The predicted octanol–water partition coefficient (Wildman–Crippen LogP) is 7.30. The Kier molecular flexibility index (Phi) is 5.00. The van der Waals surface area contributed by atoms with Crippen molar-refractivity contribution < 1.29 is 4.74 Å². The first-order chi connectivity index (χ1) is 14.9. The van der Waals surface area contributed by atoms with Gasteiger partial charge in [0.1, 0.15) is 17.2 Å². The maximum absolute atomic E-state index is 6.39. The minimum absolute atomic E-state index is 0.549. The number of ether oxygens (including phenoxy) is 1. The van der Waals surface area contributed by atoms with Gasteiger partial charge in [0.15, 0.2) is 0 Å². The van der Waals surface area contributed by atoms with Gasteiger partial charge in [0.2, 0.25) is 0 Å². The average Bonchev–Trinajstić information content (AvgIpc) is 3.19. The molecule has 5 rings (SSSR count). The largest absolute Gasteiger partial charge is 0.481 e. The van der Waals surface area contributed by atoms with Crippen LogP contribution < -0.4 is 4.74 Å². The van der Waals surface area contributed by atoms with E-state index in [1.807, 2.05) is 80.6 Å².